The van der Waals surface area contributed by atoms with E-state index in [9.17, 15) is 9.90 Å². The van der Waals surface area contributed by atoms with E-state index < -0.39 is 6.09 Å². The fraction of sp³-hybridized carbons (Fsp3) is 0.481. The van der Waals surface area contributed by atoms with Crippen molar-refractivity contribution in [3.05, 3.63) is 47.9 Å². The number of hydrogen-bond acceptors (Lipinski definition) is 8. The van der Waals surface area contributed by atoms with E-state index in [1.165, 1.54) is 16.7 Å². The van der Waals surface area contributed by atoms with Crippen molar-refractivity contribution in [1.82, 2.24) is 24.8 Å². The lowest BCUT2D eigenvalue weighted by Gasteiger charge is -2.37. The molecule has 2 aromatic heterocycles. The highest BCUT2D eigenvalue weighted by Gasteiger charge is 2.30. The summed E-state index contributed by atoms with van der Waals surface area (Å²) in [6, 6.07) is 9.11. The second kappa shape index (κ2) is 10.0. The number of anilines is 2. The number of benzene rings is 1. The Morgan fingerprint density at radius 3 is 2.68 bits per heavy atom. The van der Waals surface area contributed by atoms with Crippen LogP contribution in [0.25, 0.3) is 10.8 Å². The van der Waals surface area contributed by atoms with Gasteiger partial charge in [-0.05, 0) is 32.9 Å². The van der Waals surface area contributed by atoms with Crippen LogP contribution in [-0.4, -0.2) is 94.9 Å². The van der Waals surface area contributed by atoms with Gasteiger partial charge in [0.1, 0.15) is 12.4 Å². The Morgan fingerprint density at radius 1 is 1.05 bits per heavy atom. The summed E-state index contributed by atoms with van der Waals surface area (Å²) in [5.74, 6) is 0.889. The first-order valence-corrected chi connectivity index (χ1v) is 13.1. The summed E-state index contributed by atoms with van der Waals surface area (Å²) in [4.78, 5) is 34.1. The van der Waals surface area contributed by atoms with Crippen LogP contribution in [-0.2, 0) is 13.0 Å². The largest absolute Gasteiger partial charge is 0.465 e. The molecule has 0 unspecified atom stereocenters. The van der Waals surface area contributed by atoms with Gasteiger partial charge in [0.15, 0.2) is 0 Å². The Labute approximate surface area is 216 Å². The van der Waals surface area contributed by atoms with Crippen LogP contribution in [0.4, 0.5) is 16.3 Å². The number of nitrogens with zero attached hydrogens (tertiary/aromatic N) is 7. The van der Waals surface area contributed by atoms with E-state index >= 15 is 0 Å². The van der Waals surface area contributed by atoms with Crippen molar-refractivity contribution < 1.29 is 14.6 Å². The number of pyridine rings is 1. The van der Waals surface area contributed by atoms with Gasteiger partial charge in [-0.2, -0.15) is 9.97 Å². The summed E-state index contributed by atoms with van der Waals surface area (Å²) in [6.07, 6.45) is 6.08. The predicted octanol–water partition coefficient (Wildman–Crippen LogP) is 2.86. The molecule has 1 aromatic carbocycles. The van der Waals surface area contributed by atoms with E-state index in [0.717, 1.165) is 54.1 Å². The van der Waals surface area contributed by atoms with Crippen molar-refractivity contribution in [3.63, 3.8) is 0 Å². The van der Waals surface area contributed by atoms with Crippen LogP contribution in [0.2, 0.25) is 0 Å². The van der Waals surface area contributed by atoms with Crippen LogP contribution in [0.3, 0.4) is 0 Å². The van der Waals surface area contributed by atoms with Crippen LogP contribution < -0.4 is 14.5 Å². The molecule has 6 rings (SSSR count). The zero-order valence-electron chi connectivity index (χ0n) is 21.2. The summed E-state index contributed by atoms with van der Waals surface area (Å²) >= 11 is 0. The van der Waals surface area contributed by atoms with Crippen LogP contribution in [0.15, 0.2) is 36.7 Å². The quantitative estimate of drug-likeness (QED) is 0.564. The first kappa shape index (κ1) is 23.7. The summed E-state index contributed by atoms with van der Waals surface area (Å²) < 4.78 is 6.20. The van der Waals surface area contributed by atoms with Gasteiger partial charge in [0.05, 0.1) is 24.1 Å². The molecular formula is C27H33N7O3. The van der Waals surface area contributed by atoms with Crippen molar-refractivity contribution in [2.24, 2.45) is 0 Å². The lowest BCUT2D eigenvalue weighted by Crippen LogP contribution is -2.49. The second-order valence-corrected chi connectivity index (χ2v) is 10.2. The molecule has 37 heavy (non-hydrogen) atoms. The SMILES string of the molecule is CN1CCC[C@H]1COc1nc2c(c(N3CCN(C(=O)O)CC3)n1)CCN(c1cncc3ccccc13)C2. The minimum Gasteiger partial charge on any atom is -0.465 e. The predicted molar refractivity (Wildman–Crippen MR) is 141 cm³/mol. The van der Waals surface area contributed by atoms with Gasteiger partial charge in [0, 0.05) is 61.3 Å². The molecule has 3 aromatic rings. The number of aromatic nitrogens is 3. The smallest absolute Gasteiger partial charge is 0.407 e. The minimum absolute atomic E-state index is 0.375. The number of amides is 1. The Kier molecular flexibility index (Phi) is 6.42. The third-order valence-corrected chi connectivity index (χ3v) is 7.94. The van der Waals surface area contributed by atoms with E-state index in [1.54, 1.807) is 0 Å². The highest BCUT2D eigenvalue weighted by Crippen LogP contribution is 2.34. The molecule has 10 heteroatoms. The zero-order valence-corrected chi connectivity index (χ0v) is 21.2. The normalized spacial score (nSPS) is 20.4. The van der Waals surface area contributed by atoms with Gasteiger partial charge in [0.25, 0.3) is 0 Å². The molecule has 194 valence electrons. The highest BCUT2D eigenvalue weighted by atomic mass is 16.5. The summed E-state index contributed by atoms with van der Waals surface area (Å²) in [5.41, 5.74) is 3.22. The first-order valence-electron chi connectivity index (χ1n) is 13.1. The number of rotatable bonds is 5. The molecule has 1 amide bonds. The molecule has 2 fully saturated rings. The number of likely N-dealkylation sites (N-methyl/N-ethyl adjacent to an activating group) is 1. The van der Waals surface area contributed by atoms with E-state index in [4.69, 9.17) is 14.7 Å². The fourth-order valence-electron chi connectivity index (χ4n) is 5.74. The lowest BCUT2D eigenvalue weighted by atomic mass is 10.0. The molecule has 1 atom stereocenters. The minimum atomic E-state index is -0.867. The molecule has 0 bridgehead atoms. The number of fused-ring (bicyclic) bond motifs is 2. The Hall–Kier alpha value is -3.66. The van der Waals surface area contributed by atoms with Crippen molar-refractivity contribution >= 4 is 28.4 Å². The van der Waals surface area contributed by atoms with Gasteiger partial charge in [-0.15, -0.1) is 0 Å². The maximum absolute atomic E-state index is 11.4. The molecular weight excluding hydrogens is 470 g/mol. The average molecular weight is 504 g/mol. The molecule has 3 aliphatic heterocycles. The van der Waals surface area contributed by atoms with Crippen molar-refractivity contribution in [3.8, 4) is 6.01 Å². The van der Waals surface area contributed by atoms with Gasteiger partial charge >= 0.3 is 12.1 Å². The summed E-state index contributed by atoms with van der Waals surface area (Å²) in [7, 11) is 2.14. The van der Waals surface area contributed by atoms with Crippen molar-refractivity contribution in [2.75, 3.05) is 62.7 Å². The van der Waals surface area contributed by atoms with Gasteiger partial charge in [-0.1, -0.05) is 24.3 Å². The number of carbonyl (C=O) groups is 1. The van der Waals surface area contributed by atoms with Gasteiger partial charge in [-0.3, -0.25) is 4.98 Å². The lowest BCUT2D eigenvalue weighted by molar-refractivity contribution is 0.142. The van der Waals surface area contributed by atoms with Crippen molar-refractivity contribution in [2.45, 2.75) is 31.8 Å². The third kappa shape index (κ3) is 4.73. The topological polar surface area (TPSA) is 98.2 Å². The molecule has 0 spiro atoms. The van der Waals surface area contributed by atoms with Crippen molar-refractivity contribution in [1.29, 1.82) is 0 Å². The Morgan fingerprint density at radius 2 is 1.89 bits per heavy atom. The van der Waals surface area contributed by atoms with E-state index in [0.29, 0.717) is 51.4 Å². The number of ether oxygens (including phenoxy) is 1. The van der Waals surface area contributed by atoms with Gasteiger partial charge < -0.3 is 29.4 Å². The van der Waals surface area contributed by atoms with E-state index in [1.807, 2.05) is 18.5 Å². The molecule has 0 saturated carbocycles. The molecule has 0 aliphatic carbocycles. The monoisotopic (exact) mass is 503 g/mol. The molecule has 1 N–H and O–H groups in total. The van der Waals surface area contributed by atoms with Gasteiger partial charge in [-0.25, -0.2) is 4.79 Å². The number of piperazine rings is 1. The standard InChI is InChI=1S/C27H33N7O3/c1-31-9-4-6-20(31)18-37-26-29-23-17-34(24-16-28-15-19-5-2-3-7-21(19)24)10-8-22(23)25(30-26)32-11-13-33(14-12-32)27(35)36/h2-3,5,7,15-16,20H,4,6,8-14,17-18H2,1H3,(H,35,36)/t20-/m0/s1. The zero-order chi connectivity index (χ0) is 25.4. The van der Waals surface area contributed by atoms with Crippen LogP contribution in [0.5, 0.6) is 6.01 Å². The Balaban J connectivity index is 1.30. The molecule has 5 heterocycles. The van der Waals surface area contributed by atoms with Gasteiger partial charge in [0.2, 0.25) is 0 Å². The summed E-state index contributed by atoms with van der Waals surface area (Å²) in [5, 5.41) is 11.7. The maximum Gasteiger partial charge on any atom is 0.407 e. The molecule has 10 nitrogen and oxygen atoms in total. The number of carboxylic acid groups (broad SMARTS) is 1. The molecule has 0 radical (unpaired) electrons. The van der Waals surface area contributed by atoms with Crippen LogP contribution in [0.1, 0.15) is 24.1 Å². The first-order chi connectivity index (χ1) is 18.1. The fourth-order valence-corrected chi connectivity index (χ4v) is 5.74. The molecule has 3 aliphatic rings. The highest BCUT2D eigenvalue weighted by molar-refractivity contribution is 5.93. The molecule has 2 saturated heterocycles. The third-order valence-electron chi connectivity index (χ3n) is 7.94. The Bertz CT molecular complexity index is 1290. The van der Waals surface area contributed by atoms with Crippen LogP contribution >= 0.6 is 0 Å². The van der Waals surface area contributed by atoms with E-state index in [2.05, 4.69) is 44.9 Å². The van der Waals surface area contributed by atoms with Crippen LogP contribution in [0, 0.1) is 0 Å². The maximum atomic E-state index is 11.4. The second-order valence-electron chi connectivity index (χ2n) is 10.2. The summed E-state index contributed by atoms with van der Waals surface area (Å²) in [6.45, 7) is 5.28. The number of likely N-dealkylation sites (tertiary alicyclic amines) is 1. The number of hydrogen-bond donors (Lipinski definition) is 1. The average Bonchev–Trinajstić information content (AvgIpc) is 3.35. The van der Waals surface area contributed by atoms with E-state index in [-0.39, 0.29) is 0 Å².